The van der Waals surface area contributed by atoms with Crippen LogP contribution in [0.15, 0.2) is 22.3 Å². The number of amides is 1. The first kappa shape index (κ1) is 6.67. The maximum Gasteiger partial charge on any atom is 0.268 e. The average Bonchev–Trinajstić information content (AvgIpc) is 2.12. The van der Waals surface area contributed by atoms with E-state index in [4.69, 9.17) is 5.73 Å². The van der Waals surface area contributed by atoms with Crippen LogP contribution in [0.25, 0.3) is 0 Å². The minimum Gasteiger partial charge on any atom is -0.364 e. The van der Waals surface area contributed by atoms with Crippen LogP contribution in [-0.2, 0) is 4.79 Å². The summed E-state index contributed by atoms with van der Waals surface area (Å²) in [5, 5.41) is 0. The number of carbonyl (C=O) groups excluding carboxylic acids is 1. The molecule has 2 N–H and O–H groups in total. The van der Waals surface area contributed by atoms with Crippen LogP contribution in [0.1, 0.15) is 0 Å². The number of carbonyl (C=O) groups is 1. The van der Waals surface area contributed by atoms with Crippen molar-refractivity contribution in [1.29, 1.82) is 0 Å². The van der Waals surface area contributed by atoms with Crippen molar-refractivity contribution in [1.82, 2.24) is 0 Å². The Kier molecular flexibility index (Phi) is 1.94. The molecular formula is C6H7N3O. The first-order chi connectivity index (χ1) is 4.80. The van der Waals surface area contributed by atoms with Crippen molar-refractivity contribution in [2.45, 2.75) is 0 Å². The second kappa shape index (κ2) is 2.91. The van der Waals surface area contributed by atoms with E-state index in [1.165, 1.54) is 6.21 Å². The zero-order valence-corrected chi connectivity index (χ0v) is 5.32. The first-order valence-corrected chi connectivity index (χ1v) is 2.83. The predicted octanol–water partition coefficient (Wildman–Crippen LogP) is -0.489. The van der Waals surface area contributed by atoms with Gasteiger partial charge in [0.1, 0.15) is 5.71 Å². The highest BCUT2D eigenvalue weighted by molar-refractivity contribution is 6.60. The molecule has 0 radical (unpaired) electrons. The summed E-state index contributed by atoms with van der Waals surface area (Å²) in [7, 11) is 0. The van der Waals surface area contributed by atoms with E-state index in [0.29, 0.717) is 6.54 Å². The van der Waals surface area contributed by atoms with E-state index >= 15 is 0 Å². The van der Waals surface area contributed by atoms with E-state index in [-0.39, 0.29) is 5.71 Å². The minimum absolute atomic E-state index is 0.227. The molecule has 0 saturated heterocycles. The number of nitrogens with zero attached hydrogens (tertiary/aromatic N) is 2. The first-order valence-electron chi connectivity index (χ1n) is 2.83. The lowest BCUT2D eigenvalue weighted by Gasteiger charge is -1.88. The van der Waals surface area contributed by atoms with Gasteiger partial charge in [0, 0.05) is 6.20 Å². The van der Waals surface area contributed by atoms with E-state index in [1.54, 1.807) is 12.3 Å². The van der Waals surface area contributed by atoms with Crippen LogP contribution < -0.4 is 5.73 Å². The molecule has 0 aromatic rings. The summed E-state index contributed by atoms with van der Waals surface area (Å²) in [5.41, 5.74) is 5.17. The van der Waals surface area contributed by atoms with Crippen LogP contribution in [0.4, 0.5) is 0 Å². The molecule has 0 aromatic heterocycles. The standard InChI is InChI=1S/C6H7N3O/c7-6(10)5-4-8-2-1-3-9-5/h1-2,4H,3H2,(H2,7,10). The number of rotatable bonds is 1. The quantitative estimate of drug-likeness (QED) is 0.520. The van der Waals surface area contributed by atoms with Crippen molar-refractivity contribution < 1.29 is 4.79 Å². The van der Waals surface area contributed by atoms with E-state index in [2.05, 4.69) is 9.98 Å². The van der Waals surface area contributed by atoms with Crippen molar-refractivity contribution in [2.24, 2.45) is 15.7 Å². The maximum atomic E-state index is 10.5. The molecule has 0 aliphatic carbocycles. The van der Waals surface area contributed by atoms with Crippen LogP contribution in [-0.4, -0.2) is 24.4 Å². The molecule has 0 bridgehead atoms. The lowest BCUT2D eigenvalue weighted by atomic mass is 10.4. The van der Waals surface area contributed by atoms with E-state index in [1.807, 2.05) is 0 Å². The van der Waals surface area contributed by atoms with Crippen LogP contribution in [0.5, 0.6) is 0 Å². The summed E-state index contributed by atoms with van der Waals surface area (Å²) in [5.74, 6) is -0.535. The van der Waals surface area contributed by atoms with Gasteiger partial charge in [-0.1, -0.05) is 0 Å². The molecule has 4 heteroatoms. The topological polar surface area (TPSA) is 67.8 Å². The van der Waals surface area contributed by atoms with Crippen molar-refractivity contribution >= 4 is 17.8 Å². The largest absolute Gasteiger partial charge is 0.364 e. The Morgan fingerprint density at radius 3 is 3.20 bits per heavy atom. The van der Waals surface area contributed by atoms with Crippen LogP contribution in [0.3, 0.4) is 0 Å². The lowest BCUT2D eigenvalue weighted by Crippen LogP contribution is -2.24. The summed E-state index contributed by atoms with van der Waals surface area (Å²) in [6.45, 7) is 0.471. The monoisotopic (exact) mass is 137 g/mol. The van der Waals surface area contributed by atoms with Gasteiger partial charge in [0.25, 0.3) is 5.91 Å². The minimum atomic E-state index is -0.535. The average molecular weight is 137 g/mol. The molecule has 1 rings (SSSR count). The fourth-order valence-corrected chi connectivity index (χ4v) is 0.555. The van der Waals surface area contributed by atoms with Gasteiger partial charge in [-0.2, -0.15) is 0 Å². The molecule has 52 valence electrons. The van der Waals surface area contributed by atoms with Gasteiger partial charge in [-0.3, -0.25) is 14.8 Å². The van der Waals surface area contributed by atoms with Gasteiger partial charge in [0.05, 0.1) is 12.8 Å². The van der Waals surface area contributed by atoms with Crippen LogP contribution in [0.2, 0.25) is 0 Å². The molecule has 1 aliphatic rings. The molecular weight excluding hydrogens is 130 g/mol. The Bertz CT molecular complexity index is 227. The van der Waals surface area contributed by atoms with Gasteiger partial charge in [0.2, 0.25) is 0 Å². The van der Waals surface area contributed by atoms with Gasteiger partial charge in [0.15, 0.2) is 0 Å². The Hall–Kier alpha value is -1.45. The van der Waals surface area contributed by atoms with Crippen molar-refractivity contribution in [3.05, 3.63) is 12.3 Å². The fourth-order valence-electron chi connectivity index (χ4n) is 0.555. The summed E-state index contributed by atoms with van der Waals surface area (Å²) in [6.07, 6.45) is 4.68. The molecule has 4 nitrogen and oxygen atoms in total. The van der Waals surface area contributed by atoms with E-state index in [9.17, 15) is 4.79 Å². The molecule has 1 aliphatic heterocycles. The number of aliphatic imine (C=N–C) groups is 2. The smallest absolute Gasteiger partial charge is 0.268 e. The normalized spacial score (nSPS) is 16.2. The Labute approximate surface area is 58.2 Å². The zero-order valence-electron chi connectivity index (χ0n) is 5.32. The number of hydrogen-bond donors (Lipinski definition) is 1. The molecule has 10 heavy (non-hydrogen) atoms. The van der Waals surface area contributed by atoms with Crippen molar-refractivity contribution in [3.8, 4) is 0 Å². The Balaban J connectivity index is 2.78. The highest BCUT2D eigenvalue weighted by Gasteiger charge is 2.01. The number of nitrogens with two attached hydrogens (primary N) is 1. The molecule has 1 heterocycles. The summed E-state index contributed by atoms with van der Waals surface area (Å²) >= 11 is 0. The van der Waals surface area contributed by atoms with Gasteiger partial charge >= 0.3 is 0 Å². The van der Waals surface area contributed by atoms with E-state index < -0.39 is 5.91 Å². The van der Waals surface area contributed by atoms with Crippen LogP contribution in [0, 0.1) is 0 Å². The third kappa shape index (κ3) is 1.51. The summed E-state index contributed by atoms with van der Waals surface area (Å²) < 4.78 is 0. The molecule has 0 unspecified atom stereocenters. The SMILES string of the molecule is NC(=O)C1=NCC=CN=C1. The molecule has 0 spiro atoms. The third-order valence-electron chi connectivity index (χ3n) is 1.01. The fraction of sp³-hybridized carbons (Fsp3) is 0.167. The van der Waals surface area contributed by atoms with Crippen molar-refractivity contribution in [2.75, 3.05) is 6.54 Å². The van der Waals surface area contributed by atoms with Gasteiger partial charge in [-0.15, -0.1) is 0 Å². The molecule has 0 atom stereocenters. The lowest BCUT2D eigenvalue weighted by molar-refractivity contribution is -0.111. The molecule has 0 fully saturated rings. The Morgan fingerprint density at radius 2 is 2.50 bits per heavy atom. The summed E-state index contributed by atoms with van der Waals surface area (Å²) in [4.78, 5) is 18.0. The number of hydrogen-bond acceptors (Lipinski definition) is 3. The number of primary amides is 1. The highest BCUT2D eigenvalue weighted by atomic mass is 16.1. The molecule has 0 aromatic carbocycles. The van der Waals surface area contributed by atoms with Gasteiger partial charge in [-0.25, -0.2) is 0 Å². The van der Waals surface area contributed by atoms with Gasteiger partial charge in [-0.05, 0) is 6.08 Å². The van der Waals surface area contributed by atoms with Crippen LogP contribution >= 0.6 is 0 Å². The maximum absolute atomic E-state index is 10.5. The van der Waals surface area contributed by atoms with Gasteiger partial charge < -0.3 is 5.73 Å². The second-order valence-electron chi connectivity index (χ2n) is 1.75. The zero-order chi connectivity index (χ0) is 7.40. The molecule has 0 saturated carbocycles. The van der Waals surface area contributed by atoms with Crippen molar-refractivity contribution in [3.63, 3.8) is 0 Å². The second-order valence-corrected chi connectivity index (χ2v) is 1.75. The van der Waals surface area contributed by atoms with E-state index in [0.717, 1.165) is 0 Å². The third-order valence-corrected chi connectivity index (χ3v) is 1.01. The Morgan fingerprint density at radius 1 is 1.70 bits per heavy atom. The molecule has 1 amide bonds. The summed E-state index contributed by atoms with van der Waals surface area (Å²) in [6, 6.07) is 0. The predicted molar refractivity (Wildman–Crippen MR) is 39.1 cm³/mol. The highest BCUT2D eigenvalue weighted by Crippen LogP contribution is 1.85.